The molecule has 0 bridgehead atoms. The van der Waals surface area contributed by atoms with Crippen molar-refractivity contribution in [2.24, 2.45) is 0 Å². The molecule has 6 heteroatoms. The van der Waals surface area contributed by atoms with Gasteiger partial charge in [0.2, 0.25) is 5.91 Å². The number of amides is 1. The minimum absolute atomic E-state index is 0.0890. The second kappa shape index (κ2) is 6.99. The lowest BCUT2D eigenvalue weighted by molar-refractivity contribution is -0.147. The van der Waals surface area contributed by atoms with E-state index >= 15 is 0 Å². The predicted molar refractivity (Wildman–Crippen MR) is 80.0 cm³/mol. The van der Waals surface area contributed by atoms with Crippen LogP contribution < -0.4 is 0 Å². The van der Waals surface area contributed by atoms with Gasteiger partial charge in [0.1, 0.15) is 6.04 Å². The van der Waals surface area contributed by atoms with Crippen molar-refractivity contribution in [1.29, 1.82) is 0 Å². The molecule has 4 nitrogen and oxygen atoms in total. The van der Waals surface area contributed by atoms with Crippen molar-refractivity contribution in [3.05, 3.63) is 34.9 Å². The third kappa shape index (κ3) is 3.90. The summed E-state index contributed by atoms with van der Waals surface area (Å²) < 4.78 is 0. The average molecular weight is 314 g/mol. The summed E-state index contributed by atoms with van der Waals surface area (Å²) in [5, 5.41) is 9.74. The van der Waals surface area contributed by atoms with E-state index in [1.807, 2.05) is 24.3 Å². The van der Waals surface area contributed by atoms with Gasteiger partial charge < -0.3 is 10.0 Å². The molecular weight excluding hydrogens is 298 g/mol. The summed E-state index contributed by atoms with van der Waals surface area (Å²) in [5.74, 6) is 0.0355. The van der Waals surface area contributed by atoms with Crippen LogP contribution in [0.4, 0.5) is 0 Å². The number of hydrogen-bond donors (Lipinski definition) is 1. The molecule has 1 aliphatic heterocycles. The van der Waals surface area contributed by atoms with Crippen LogP contribution in [-0.2, 0) is 15.3 Å². The highest BCUT2D eigenvalue weighted by atomic mass is 35.5. The van der Waals surface area contributed by atoms with Crippen LogP contribution >= 0.6 is 23.4 Å². The molecular formula is C14H16ClNO3S. The largest absolute Gasteiger partial charge is 0.480 e. The molecule has 108 valence electrons. The topological polar surface area (TPSA) is 57.6 Å². The first kappa shape index (κ1) is 15.2. The number of halogens is 1. The molecule has 0 spiro atoms. The van der Waals surface area contributed by atoms with Crippen molar-refractivity contribution < 1.29 is 14.7 Å². The maximum absolute atomic E-state index is 12.0. The molecule has 0 radical (unpaired) electrons. The fraction of sp³-hybridized carbons (Fsp3) is 0.429. The Morgan fingerprint density at radius 2 is 2.05 bits per heavy atom. The minimum Gasteiger partial charge on any atom is -0.480 e. The number of likely N-dealkylation sites (tertiary alicyclic amines) is 1. The van der Waals surface area contributed by atoms with Gasteiger partial charge in [-0.15, -0.1) is 11.8 Å². The molecule has 2 rings (SSSR count). The van der Waals surface area contributed by atoms with Crippen LogP contribution in [0.3, 0.4) is 0 Å². The van der Waals surface area contributed by atoms with Crippen LogP contribution in [0, 0.1) is 0 Å². The third-order valence-corrected chi connectivity index (χ3v) is 4.51. The smallest absolute Gasteiger partial charge is 0.326 e. The van der Waals surface area contributed by atoms with E-state index < -0.39 is 12.0 Å². The molecule has 1 saturated heterocycles. The van der Waals surface area contributed by atoms with Crippen LogP contribution in [0.25, 0.3) is 0 Å². The minimum atomic E-state index is -0.904. The second-order valence-electron chi connectivity index (χ2n) is 4.70. The number of carboxylic acids is 1. The van der Waals surface area contributed by atoms with Gasteiger partial charge >= 0.3 is 5.97 Å². The third-order valence-electron chi connectivity index (χ3n) is 3.27. The van der Waals surface area contributed by atoms with E-state index in [0.717, 1.165) is 12.0 Å². The average Bonchev–Trinajstić information content (AvgIpc) is 2.90. The van der Waals surface area contributed by atoms with Crippen LogP contribution in [0.1, 0.15) is 18.4 Å². The molecule has 20 heavy (non-hydrogen) atoms. The number of carbonyl (C=O) groups excluding carboxylic acids is 1. The first-order chi connectivity index (χ1) is 9.58. The summed E-state index contributed by atoms with van der Waals surface area (Å²) in [6.07, 6.45) is 1.33. The van der Waals surface area contributed by atoms with Gasteiger partial charge in [0.05, 0.1) is 5.75 Å². The lowest BCUT2D eigenvalue weighted by Crippen LogP contribution is -2.41. The number of carboxylic acid groups (broad SMARTS) is 1. The number of nitrogens with zero attached hydrogens (tertiary/aromatic N) is 1. The quantitative estimate of drug-likeness (QED) is 0.908. The number of hydrogen-bond acceptors (Lipinski definition) is 3. The zero-order chi connectivity index (χ0) is 14.5. The van der Waals surface area contributed by atoms with E-state index in [9.17, 15) is 9.59 Å². The lowest BCUT2D eigenvalue weighted by atomic mass is 10.2. The summed E-state index contributed by atoms with van der Waals surface area (Å²) in [5.41, 5.74) is 1.10. The monoisotopic (exact) mass is 313 g/mol. The van der Waals surface area contributed by atoms with E-state index in [4.69, 9.17) is 16.7 Å². The molecule has 0 aromatic heterocycles. The molecule has 1 aliphatic rings. The summed E-state index contributed by atoms with van der Waals surface area (Å²) >= 11 is 7.30. The van der Waals surface area contributed by atoms with Crippen LogP contribution in [0.5, 0.6) is 0 Å². The number of rotatable bonds is 5. The Morgan fingerprint density at radius 3 is 2.70 bits per heavy atom. The van der Waals surface area contributed by atoms with Crippen LogP contribution in [0.15, 0.2) is 24.3 Å². The zero-order valence-corrected chi connectivity index (χ0v) is 12.5. The Bertz CT molecular complexity index is 492. The van der Waals surface area contributed by atoms with E-state index in [2.05, 4.69) is 0 Å². The SMILES string of the molecule is O=C(O)C1CCCN1C(=O)CSCc1ccc(Cl)cc1. The fourth-order valence-electron chi connectivity index (χ4n) is 2.24. The zero-order valence-electron chi connectivity index (χ0n) is 10.9. The molecule has 1 N–H and O–H groups in total. The van der Waals surface area contributed by atoms with E-state index in [-0.39, 0.29) is 5.91 Å². The Labute approximate surface area is 127 Å². The molecule has 0 aliphatic carbocycles. The number of thioether (sulfide) groups is 1. The Hall–Kier alpha value is -1.20. The van der Waals surface area contributed by atoms with Crippen LogP contribution in [-0.4, -0.2) is 40.2 Å². The van der Waals surface area contributed by atoms with Gasteiger partial charge in [0.25, 0.3) is 0 Å². The molecule has 1 heterocycles. The fourth-order valence-corrected chi connectivity index (χ4v) is 3.24. The molecule has 1 aromatic carbocycles. The van der Waals surface area contributed by atoms with E-state index in [1.165, 1.54) is 16.7 Å². The first-order valence-electron chi connectivity index (χ1n) is 6.42. The predicted octanol–water partition coefficient (Wildman–Crippen LogP) is 2.65. The highest BCUT2D eigenvalue weighted by Gasteiger charge is 2.33. The van der Waals surface area contributed by atoms with E-state index in [1.54, 1.807) is 0 Å². The van der Waals surface area contributed by atoms with Gasteiger partial charge in [-0.2, -0.15) is 0 Å². The summed E-state index contributed by atoms with van der Waals surface area (Å²) in [4.78, 5) is 24.5. The summed E-state index contributed by atoms with van der Waals surface area (Å²) in [6, 6.07) is 6.85. The molecule has 1 unspecified atom stereocenters. The van der Waals surface area contributed by atoms with Crippen molar-refractivity contribution >= 4 is 35.2 Å². The number of aliphatic carboxylic acids is 1. The van der Waals surface area contributed by atoms with Crippen molar-refractivity contribution in [2.45, 2.75) is 24.6 Å². The van der Waals surface area contributed by atoms with Crippen molar-refractivity contribution in [1.82, 2.24) is 4.90 Å². The highest BCUT2D eigenvalue weighted by Crippen LogP contribution is 2.20. The lowest BCUT2D eigenvalue weighted by Gasteiger charge is -2.21. The maximum atomic E-state index is 12.0. The summed E-state index contributed by atoms with van der Waals surface area (Å²) in [7, 11) is 0. The van der Waals surface area contributed by atoms with Crippen molar-refractivity contribution in [2.75, 3.05) is 12.3 Å². The highest BCUT2D eigenvalue weighted by molar-refractivity contribution is 7.99. The number of benzene rings is 1. The van der Waals surface area contributed by atoms with Crippen molar-refractivity contribution in [3.63, 3.8) is 0 Å². The Balaban J connectivity index is 1.80. The van der Waals surface area contributed by atoms with E-state index in [0.29, 0.717) is 29.5 Å². The van der Waals surface area contributed by atoms with Gasteiger partial charge in [-0.1, -0.05) is 23.7 Å². The first-order valence-corrected chi connectivity index (χ1v) is 7.95. The van der Waals surface area contributed by atoms with Gasteiger partial charge in [-0.25, -0.2) is 4.79 Å². The normalized spacial score (nSPS) is 18.2. The Morgan fingerprint density at radius 1 is 1.35 bits per heavy atom. The second-order valence-corrected chi connectivity index (χ2v) is 6.12. The standard InChI is InChI=1S/C14H16ClNO3S/c15-11-5-3-10(4-6-11)8-20-9-13(17)16-7-1-2-12(16)14(18)19/h3-6,12H,1-2,7-9H2,(H,18,19). The molecule has 1 atom stereocenters. The van der Waals surface area contributed by atoms with Crippen molar-refractivity contribution in [3.8, 4) is 0 Å². The van der Waals surface area contributed by atoms with Gasteiger partial charge in [0, 0.05) is 17.3 Å². The molecule has 0 saturated carbocycles. The molecule has 1 amide bonds. The Kier molecular flexibility index (Phi) is 5.31. The molecule has 1 aromatic rings. The van der Waals surface area contributed by atoms with Crippen LogP contribution in [0.2, 0.25) is 5.02 Å². The van der Waals surface area contributed by atoms with Gasteiger partial charge in [-0.05, 0) is 30.5 Å². The van der Waals surface area contributed by atoms with Gasteiger partial charge in [-0.3, -0.25) is 4.79 Å². The maximum Gasteiger partial charge on any atom is 0.326 e. The summed E-state index contributed by atoms with van der Waals surface area (Å²) in [6.45, 7) is 0.553. The number of carbonyl (C=O) groups is 2. The van der Waals surface area contributed by atoms with Gasteiger partial charge in [0.15, 0.2) is 0 Å². The molecule has 1 fully saturated rings.